The number of ether oxygens (including phenoxy) is 2. The third-order valence-electron chi connectivity index (χ3n) is 2.72. The Morgan fingerprint density at radius 2 is 1.95 bits per heavy atom. The van der Waals surface area contributed by atoms with Crippen molar-refractivity contribution < 1.29 is 23.6 Å². The molecule has 0 aliphatic heterocycles. The molecule has 2 atom stereocenters. The van der Waals surface area contributed by atoms with Gasteiger partial charge in [0.2, 0.25) is 0 Å². The molecule has 1 aromatic carbocycles. The number of carboxylic acid groups (broad SMARTS) is 1. The van der Waals surface area contributed by atoms with Crippen LogP contribution < -0.4 is 9.47 Å². The molecule has 1 rings (SSSR count). The van der Waals surface area contributed by atoms with Gasteiger partial charge >= 0.3 is 5.97 Å². The van der Waals surface area contributed by atoms with Crippen LogP contribution in [-0.2, 0) is 21.3 Å². The number of carbonyl (C=O) groups is 1. The highest BCUT2D eigenvalue weighted by Crippen LogP contribution is 2.28. The van der Waals surface area contributed by atoms with Crippen LogP contribution in [-0.4, -0.2) is 34.8 Å². The van der Waals surface area contributed by atoms with Crippen molar-refractivity contribution >= 4 is 16.8 Å². The van der Waals surface area contributed by atoms with Gasteiger partial charge in [-0.3, -0.25) is 9.00 Å². The first-order valence-corrected chi connectivity index (χ1v) is 7.22. The first kappa shape index (κ1) is 15.5. The SMILES string of the molecule is CCC(C(=O)O)S(=O)Cc1ccc(OC)c(OC)c1. The van der Waals surface area contributed by atoms with Crippen LogP contribution in [0.3, 0.4) is 0 Å². The van der Waals surface area contributed by atoms with Gasteiger partial charge in [0.05, 0.1) is 14.2 Å². The normalized spacial score (nSPS) is 13.6. The number of hydrogen-bond acceptors (Lipinski definition) is 4. The number of aliphatic carboxylic acids is 1. The fourth-order valence-corrected chi connectivity index (χ4v) is 3.01. The predicted octanol–water partition coefficient (Wildman–Crippen LogP) is 1.82. The lowest BCUT2D eigenvalue weighted by Gasteiger charge is -2.12. The first-order chi connectivity index (χ1) is 9.03. The summed E-state index contributed by atoms with van der Waals surface area (Å²) in [7, 11) is 1.60. The molecule has 1 N–H and O–H groups in total. The highest BCUT2D eigenvalue weighted by atomic mass is 32.2. The van der Waals surface area contributed by atoms with Crippen LogP contribution in [0.15, 0.2) is 18.2 Å². The summed E-state index contributed by atoms with van der Waals surface area (Å²) in [6, 6.07) is 5.19. The molecule has 0 aliphatic rings. The van der Waals surface area contributed by atoms with Crippen LogP contribution >= 0.6 is 0 Å². The Hall–Kier alpha value is -1.56. The second-order valence-electron chi connectivity index (χ2n) is 3.95. The second kappa shape index (κ2) is 7.13. The van der Waals surface area contributed by atoms with Gasteiger partial charge in [-0.2, -0.15) is 0 Å². The summed E-state index contributed by atoms with van der Waals surface area (Å²) < 4.78 is 22.3. The zero-order chi connectivity index (χ0) is 14.4. The summed E-state index contributed by atoms with van der Waals surface area (Å²) in [6.07, 6.45) is 0.342. The number of methoxy groups -OCH3 is 2. The monoisotopic (exact) mass is 286 g/mol. The van der Waals surface area contributed by atoms with Gasteiger partial charge in [-0.05, 0) is 24.1 Å². The van der Waals surface area contributed by atoms with Crippen molar-refractivity contribution in [3.63, 3.8) is 0 Å². The minimum Gasteiger partial charge on any atom is -0.493 e. The Balaban J connectivity index is 2.88. The van der Waals surface area contributed by atoms with E-state index in [-0.39, 0.29) is 5.75 Å². The van der Waals surface area contributed by atoms with E-state index < -0.39 is 22.0 Å². The number of benzene rings is 1. The van der Waals surface area contributed by atoms with E-state index in [4.69, 9.17) is 14.6 Å². The van der Waals surface area contributed by atoms with Crippen molar-refractivity contribution in [3.8, 4) is 11.5 Å². The quantitative estimate of drug-likeness (QED) is 0.827. The maximum atomic E-state index is 12.0. The molecule has 0 saturated carbocycles. The predicted molar refractivity (Wildman–Crippen MR) is 73.1 cm³/mol. The van der Waals surface area contributed by atoms with Gasteiger partial charge in [0.1, 0.15) is 5.25 Å². The van der Waals surface area contributed by atoms with Crippen molar-refractivity contribution in [2.45, 2.75) is 24.3 Å². The van der Waals surface area contributed by atoms with E-state index in [1.54, 1.807) is 25.1 Å². The van der Waals surface area contributed by atoms with E-state index in [1.165, 1.54) is 14.2 Å². The van der Waals surface area contributed by atoms with Crippen molar-refractivity contribution in [2.75, 3.05) is 14.2 Å². The lowest BCUT2D eigenvalue weighted by Crippen LogP contribution is -2.25. The molecule has 0 heterocycles. The molecule has 0 amide bonds. The van der Waals surface area contributed by atoms with Crippen LogP contribution in [0.4, 0.5) is 0 Å². The molecule has 0 aromatic heterocycles. The fraction of sp³-hybridized carbons (Fsp3) is 0.462. The zero-order valence-corrected chi connectivity index (χ0v) is 12.0. The minimum atomic E-state index is -1.45. The molecule has 0 radical (unpaired) electrons. The van der Waals surface area contributed by atoms with Crippen LogP contribution in [0.1, 0.15) is 18.9 Å². The fourth-order valence-electron chi connectivity index (χ4n) is 1.71. The van der Waals surface area contributed by atoms with E-state index in [1.807, 2.05) is 0 Å². The molecule has 1 aromatic rings. The molecular formula is C13H18O5S. The van der Waals surface area contributed by atoms with E-state index in [0.29, 0.717) is 17.9 Å². The lowest BCUT2D eigenvalue weighted by atomic mass is 10.2. The van der Waals surface area contributed by atoms with Gasteiger partial charge in [0, 0.05) is 16.6 Å². The zero-order valence-electron chi connectivity index (χ0n) is 11.2. The summed E-state index contributed by atoms with van der Waals surface area (Å²) in [5.74, 6) is 0.287. The Morgan fingerprint density at radius 1 is 1.32 bits per heavy atom. The summed E-state index contributed by atoms with van der Waals surface area (Å²) in [6.45, 7) is 1.71. The van der Waals surface area contributed by atoms with Gasteiger partial charge in [-0.25, -0.2) is 0 Å². The van der Waals surface area contributed by atoms with E-state index in [0.717, 1.165) is 5.56 Å². The maximum Gasteiger partial charge on any atom is 0.319 e. The first-order valence-electron chi connectivity index (χ1n) is 5.84. The molecule has 6 heteroatoms. The van der Waals surface area contributed by atoms with Crippen molar-refractivity contribution in [3.05, 3.63) is 23.8 Å². The van der Waals surface area contributed by atoms with Gasteiger partial charge < -0.3 is 14.6 Å². The number of carboxylic acids is 1. The van der Waals surface area contributed by atoms with Crippen molar-refractivity contribution in [1.29, 1.82) is 0 Å². The van der Waals surface area contributed by atoms with Gasteiger partial charge in [0.25, 0.3) is 0 Å². The Labute approximate surface area is 115 Å². The molecule has 19 heavy (non-hydrogen) atoms. The number of rotatable bonds is 7. The maximum absolute atomic E-state index is 12.0. The molecule has 0 bridgehead atoms. The lowest BCUT2D eigenvalue weighted by molar-refractivity contribution is -0.136. The third-order valence-corrected chi connectivity index (χ3v) is 4.51. The van der Waals surface area contributed by atoms with Crippen molar-refractivity contribution in [1.82, 2.24) is 0 Å². The van der Waals surface area contributed by atoms with Crippen LogP contribution in [0.5, 0.6) is 11.5 Å². The summed E-state index contributed by atoms with van der Waals surface area (Å²) >= 11 is 0. The topological polar surface area (TPSA) is 72.8 Å². The van der Waals surface area contributed by atoms with Crippen LogP contribution in [0, 0.1) is 0 Å². The summed E-state index contributed by atoms with van der Waals surface area (Å²) in [4.78, 5) is 10.9. The largest absolute Gasteiger partial charge is 0.493 e. The summed E-state index contributed by atoms with van der Waals surface area (Å²) in [5.41, 5.74) is 0.760. The molecule has 2 unspecified atom stereocenters. The van der Waals surface area contributed by atoms with Crippen LogP contribution in [0.25, 0.3) is 0 Å². The third kappa shape index (κ3) is 3.96. The van der Waals surface area contributed by atoms with E-state index >= 15 is 0 Å². The van der Waals surface area contributed by atoms with Crippen LogP contribution in [0.2, 0.25) is 0 Å². The molecule has 0 aliphatic carbocycles. The summed E-state index contributed by atoms with van der Waals surface area (Å²) in [5, 5.41) is 8.13. The highest BCUT2D eigenvalue weighted by molar-refractivity contribution is 7.85. The number of hydrogen-bond donors (Lipinski definition) is 1. The molecule has 0 saturated heterocycles. The smallest absolute Gasteiger partial charge is 0.319 e. The molecule has 5 nitrogen and oxygen atoms in total. The highest BCUT2D eigenvalue weighted by Gasteiger charge is 2.22. The molecular weight excluding hydrogens is 268 g/mol. The molecule has 106 valence electrons. The molecule has 0 spiro atoms. The second-order valence-corrected chi connectivity index (χ2v) is 5.57. The van der Waals surface area contributed by atoms with E-state index in [2.05, 4.69) is 0 Å². The minimum absolute atomic E-state index is 0.186. The Bertz CT molecular complexity index is 472. The van der Waals surface area contributed by atoms with Gasteiger partial charge in [-0.1, -0.05) is 13.0 Å². The van der Waals surface area contributed by atoms with Gasteiger partial charge in [-0.15, -0.1) is 0 Å². The average molecular weight is 286 g/mol. The average Bonchev–Trinajstić information content (AvgIpc) is 2.38. The Morgan fingerprint density at radius 3 is 2.42 bits per heavy atom. The standard InChI is InChI=1S/C13H18O5S/c1-4-12(13(14)15)19(16)8-9-5-6-10(17-2)11(7-9)18-3/h5-7,12H,4,8H2,1-3H3,(H,14,15). The van der Waals surface area contributed by atoms with Gasteiger partial charge in [0.15, 0.2) is 11.5 Å². The molecule has 0 fully saturated rings. The van der Waals surface area contributed by atoms with E-state index in [9.17, 15) is 9.00 Å². The Kier molecular flexibility index (Phi) is 5.82. The van der Waals surface area contributed by atoms with Crippen molar-refractivity contribution in [2.24, 2.45) is 0 Å².